The van der Waals surface area contributed by atoms with Gasteiger partial charge in [0.05, 0.1) is 24.7 Å². The summed E-state index contributed by atoms with van der Waals surface area (Å²) in [6, 6.07) is 22.7. The maximum Gasteiger partial charge on any atom is 0.0877 e. The van der Waals surface area contributed by atoms with Crippen molar-refractivity contribution in [2.45, 2.75) is 18.4 Å². The van der Waals surface area contributed by atoms with Crippen LogP contribution in [0, 0.1) is 17.2 Å². The monoisotopic (exact) mass is 263 g/mol. The molecule has 2 heteroatoms. The summed E-state index contributed by atoms with van der Waals surface area (Å²) in [5.74, 6) is 0.318. The van der Waals surface area contributed by atoms with Gasteiger partial charge in [-0.2, -0.15) is 5.26 Å². The molecule has 0 unspecified atom stereocenters. The standard InChI is InChI=1S/C18H17NO/c19-14-18(16-9-5-2-6-10-16)11-17(18)13-20-12-15-7-3-1-4-8-15/h1-10,17H,11-13H2/t17-,18-/m1/s1. The largest absolute Gasteiger partial charge is 0.376 e. The molecule has 2 atom stereocenters. The number of rotatable bonds is 5. The van der Waals surface area contributed by atoms with Crippen molar-refractivity contribution in [3.8, 4) is 6.07 Å². The van der Waals surface area contributed by atoms with Gasteiger partial charge in [-0.05, 0) is 17.5 Å². The van der Waals surface area contributed by atoms with Crippen LogP contribution in [0.3, 0.4) is 0 Å². The van der Waals surface area contributed by atoms with Gasteiger partial charge < -0.3 is 4.74 Å². The molecule has 0 N–H and O–H groups in total. The van der Waals surface area contributed by atoms with Crippen LogP contribution in [0.1, 0.15) is 17.5 Å². The average Bonchev–Trinajstić information content (AvgIpc) is 3.24. The van der Waals surface area contributed by atoms with Crippen LogP contribution in [0.2, 0.25) is 0 Å². The van der Waals surface area contributed by atoms with E-state index in [0.717, 1.165) is 12.0 Å². The predicted molar refractivity (Wildman–Crippen MR) is 77.9 cm³/mol. The quantitative estimate of drug-likeness (QED) is 0.824. The van der Waals surface area contributed by atoms with Crippen molar-refractivity contribution >= 4 is 0 Å². The summed E-state index contributed by atoms with van der Waals surface area (Å²) in [7, 11) is 0. The van der Waals surface area contributed by atoms with Crippen LogP contribution in [0.4, 0.5) is 0 Å². The first-order valence-electron chi connectivity index (χ1n) is 6.93. The molecular weight excluding hydrogens is 246 g/mol. The van der Waals surface area contributed by atoms with Crippen molar-refractivity contribution < 1.29 is 4.74 Å². The van der Waals surface area contributed by atoms with Gasteiger partial charge in [-0.3, -0.25) is 0 Å². The zero-order valence-electron chi connectivity index (χ0n) is 11.3. The highest BCUT2D eigenvalue weighted by Gasteiger charge is 2.56. The third-order valence-electron chi connectivity index (χ3n) is 4.02. The van der Waals surface area contributed by atoms with Crippen molar-refractivity contribution in [2.24, 2.45) is 5.92 Å². The lowest BCUT2D eigenvalue weighted by atomic mass is 9.95. The third-order valence-corrected chi connectivity index (χ3v) is 4.02. The SMILES string of the molecule is N#C[C@@]1(c2ccccc2)C[C@@H]1COCc1ccccc1. The molecule has 2 aromatic rings. The van der Waals surface area contributed by atoms with Gasteiger partial charge in [0.25, 0.3) is 0 Å². The molecular formula is C18H17NO. The van der Waals surface area contributed by atoms with E-state index in [0.29, 0.717) is 19.1 Å². The highest BCUT2D eigenvalue weighted by atomic mass is 16.5. The average molecular weight is 263 g/mol. The van der Waals surface area contributed by atoms with Crippen LogP contribution < -0.4 is 0 Å². The first-order valence-corrected chi connectivity index (χ1v) is 6.93. The molecule has 2 aromatic carbocycles. The molecule has 0 bridgehead atoms. The van der Waals surface area contributed by atoms with E-state index in [2.05, 4.69) is 18.2 Å². The highest BCUT2D eigenvalue weighted by Crippen LogP contribution is 2.53. The number of hydrogen-bond acceptors (Lipinski definition) is 2. The van der Waals surface area contributed by atoms with Gasteiger partial charge in [0.1, 0.15) is 0 Å². The highest BCUT2D eigenvalue weighted by molar-refractivity contribution is 5.41. The second kappa shape index (κ2) is 5.48. The maximum absolute atomic E-state index is 9.49. The van der Waals surface area contributed by atoms with Gasteiger partial charge in [-0.25, -0.2) is 0 Å². The summed E-state index contributed by atoms with van der Waals surface area (Å²) in [4.78, 5) is 0. The Hall–Kier alpha value is -2.11. The fraction of sp³-hybridized carbons (Fsp3) is 0.278. The Balaban J connectivity index is 1.57. The number of nitrogens with zero attached hydrogens (tertiary/aromatic N) is 1. The van der Waals surface area contributed by atoms with Gasteiger partial charge >= 0.3 is 0 Å². The summed E-state index contributed by atoms with van der Waals surface area (Å²) < 4.78 is 5.77. The molecule has 1 aliphatic carbocycles. The summed E-state index contributed by atoms with van der Waals surface area (Å²) in [6.45, 7) is 1.27. The molecule has 0 radical (unpaired) electrons. The minimum atomic E-state index is -0.321. The Morgan fingerprint density at radius 3 is 2.35 bits per heavy atom. The van der Waals surface area contributed by atoms with Crippen LogP contribution in [0.5, 0.6) is 0 Å². The van der Waals surface area contributed by atoms with E-state index in [9.17, 15) is 5.26 Å². The maximum atomic E-state index is 9.49. The number of ether oxygens (including phenoxy) is 1. The molecule has 2 nitrogen and oxygen atoms in total. The van der Waals surface area contributed by atoms with Gasteiger partial charge in [-0.1, -0.05) is 60.7 Å². The van der Waals surface area contributed by atoms with Gasteiger partial charge in [0.15, 0.2) is 0 Å². The molecule has 0 aliphatic heterocycles. The van der Waals surface area contributed by atoms with Crippen LogP contribution >= 0.6 is 0 Å². The molecule has 1 saturated carbocycles. The zero-order chi connectivity index (χ0) is 13.8. The minimum Gasteiger partial charge on any atom is -0.376 e. The molecule has 100 valence electrons. The lowest BCUT2D eigenvalue weighted by Gasteiger charge is -2.09. The van der Waals surface area contributed by atoms with Crippen molar-refractivity contribution in [1.29, 1.82) is 5.26 Å². The fourth-order valence-electron chi connectivity index (χ4n) is 2.71. The Kier molecular flexibility index (Phi) is 3.54. The lowest BCUT2D eigenvalue weighted by molar-refractivity contribution is 0.108. The van der Waals surface area contributed by atoms with Crippen LogP contribution in [-0.4, -0.2) is 6.61 Å². The van der Waals surface area contributed by atoms with E-state index >= 15 is 0 Å². The van der Waals surface area contributed by atoms with E-state index < -0.39 is 0 Å². The first-order chi connectivity index (χ1) is 9.85. The number of nitriles is 1. The van der Waals surface area contributed by atoms with Crippen molar-refractivity contribution in [1.82, 2.24) is 0 Å². The minimum absolute atomic E-state index is 0.318. The van der Waals surface area contributed by atoms with Crippen LogP contribution in [0.25, 0.3) is 0 Å². The first kappa shape index (κ1) is 12.9. The van der Waals surface area contributed by atoms with Gasteiger partial charge in [0.2, 0.25) is 0 Å². The molecule has 0 saturated heterocycles. The summed E-state index contributed by atoms with van der Waals surface area (Å²) >= 11 is 0. The Bertz CT molecular complexity index is 602. The van der Waals surface area contributed by atoms with Gasteiger partial charge in [0, 0.05) is 5.92 Å². The normalized spacial score (nSPS) is 24.1. The number of benzene rings is 2. The molecule has 0 amide bonds. The molecule has 0 heterocycles. The Morgan fingerprint density at radius 1 is 1.05 bits per heavy atom. The molecule has 0 spiro atoms. The zero-order valence-corrected chi connectivity index (χ0v) is 11.3. The lowest BCUT2D eigenvalue weighted by Crippen LogP contribution is -2.10. The molecule has 3 rings (SSSR count). The molecule has 20 heavy (non-hydrogen) atoms. The Morgan fingerprint density at radius 2 is 1.70 bits per heavy atom. The van der Waals surface area contributed by atoms with Crippen molar-refractivity contribution in [3.05, 3.63) is 71.8 Å². The molecule has 0 aromatic heterocycles. The second-order valence-electron chi connectivity index (χ2n) is 5.35. The van der Waals surface area contributed by atoms with Gasteiger partial charge in [-0.15, -0.1) is 0 Å². The van der Waals surface area contributed by atoms with E-state index in [1.165, 1.54) is 5.56 Å². The van der Waals surface area contributed by atoms with Crippen molar-refractivity contribution in [2.75, 3.05) is 6.61 Å². The smallest absolute Gasteiger partial charge is 0.0877 e. The van der Waals surface area contributed by atoms with Crippen LogP contribution in [-0.2, 0) is 16.8 Å². The topological polar surface area (TPSA) is 33.0 Å². The molecule has 1 aliphatic rings. The van der Waals surface area contributed by atoms with Crippen molar-refractivity contribution in [3.63, 3.8) is 0 Å². The number of hydrogen-bond donors (Lipinski definition) is 0. The van der Waals surface area contributed by atoms with Crippen LogP contribution in [0.15, 0.2) is 60.7 Å². The summed E-state index contributed by atoms with van der Waals surface area (Å²) in [5.41, 5.74) is 1.98. The third kappa shape index (κ3) is 2.45. The fourth-order valence-corrected chi connectivity index (χ4v) is 2.71. The summed E-state index contributed by atoms with van der Waals surface area (Å²) in [6.07, 6.45) is 0.905. The summed E-state index contributed by atoms with van der Waals surface area (Å²) in [5, 5.41) is 9.49. The van der Waals surface area contributed by atoms with E-state index in [1.807, 2.05) is 48.5 Å². The Labute approximate surface area is 119 Å². The predicted octanol–water partition coefficient (Wildman–Crippen LogP) is 3.68. The van der Waals surface area contributed by atoms with E-state index in [4.69, 9.17) is 4.74 Å². The second-order valence-corrected chi connectivity index (χ2v) is 5.35. The van der Waals surface area contributed by atoms with E-state index in [1.54, 1.807) is 0 Å². The van der Waals surface area contributed by atoms with E-state index in [-0.39, 0.29) is 5.41 Å². The molecule has 1 fully saturated rings.